The number of benzene rings is 1. The van der Waals surface area contributed by atoms with Crippen molar-refractivity contribution in [1.82, 2.24) is 0 Å². The van der Waals surface area contributed by atoms with Gasteiger partial charge in [-0.3, -0.25) is 4.72 Å². The van der Waals surface area contributed by atoms with E-state index in [1.165, 1.54) is 0 Å². The number of sulfonamides is 1. The van der Waals surface area contributed by atoms with E-state index in [1.807, 2.05) is 4.72 Å². The molecule has 21 heavy (non-hydrogen) atoms. The summed E-state index contributed by atoms with van der Waals surface area (Å²) in [5.41, 5.74) is 3.70. The Balaban J connectivity index is 2.93. The molecule has 0 unspecified atom stereocenters. The van der Waals surface area contributed by atoms with Gasteiger partial charge in [0.1, 0.15) is 9.84 Å². The third-order valence-corrected chi connectivity index (χ3v) is 4.84. The van der Waals surface area contributed by atoms with Crippen LogP contribution in [0, 0.1) is 0 Å². The van der Waals surface area contributed by atoms with Crippen LogP contribution in [-0.4, -0.2) is 34.6 Å². The van der Waals surface area contributed by atoms with E-state index in [2.05, 4.69) is 0 Å². The van der Waals surface area contributed by atoms with Crippen molar-refractivity contribution in [3.05, 3.63) is 23.8 Å². The molecule has 0 bridgehead atoms. The number of alkyl halides is 3. The highest BCUT2D eigenvalue weighted by Crippen LogP contribution is 2.33. The van der Waals surface area contributed by atoms with E-state index in [1.54, 1.807) is 0 Å². The number of nitrogen functional groups attached to an aromatic ring is 1. The van der Waals surface area contributed by atoms with Gasteiger partial charge in [0.15, 0.2) is 0 Å². The van der Waals surface area contributed by atoms with E-state index in [0.29, 0.717) is 12.1 Å². The number of hydrogen-bond acceptors (Lipinski definition) is 5. The lowest BCUT2D eigenvalue weighted by molar-refractivity contribution is -0.137. The molecule has 1 aromatic rings. The zero-order valence-electron chi connectivity index (χ0n) is 10.8. The first-order chi connectivity index (χ1) is 9.30. The average molecular weight is 346 g/mol. The number of sulfone groups is 1. The monoisotopic (exact) mass is 346 g/mol. The molecule has 0 atom stereocenters. The van der Waals surface area contributed by atoms with Gasteiger partial charge in [0.25, 0.3) is 0 Å². The zero-order chi connectivity index (χ0) is 16.5. The summed E-state index contributed by atoms with van der Waals surface area (Å²) in [6.45, 7) is 0. The Hall–Kier alpha value is -1.49. The minimum Gasteiger partial charge on any atom is -0.397 e. The van der Waals surface area contributed by atoms with Gasteiger partial charge in [0.05, 0.1) is 28.4 Å². The van der Waals surface area contributed by atoms with Crippen molar-refractivity contribution in [2.24, 2.45) is 0 Å². The first kappa shape index (κ1) is 17.6. The molecule has 11 heteroatoms. The minimum absolute atomic E-state index is 0.239. The van der Waals surface area contributed by atoms with E-state index in [9.17, 15) is 30.0 Å². The summed E-state index contributed by atoms with van der Waals surface area (Å²) in [4.78, 5) is 0. The normalized spacial score (nSPS) is 13.1. The van der Waals surface area contributed by atoms with E-state index in [4.69, 9.17) is 5.73 Å². The topological polar surface area (TPSA) is 106 Å². The highest BCUT2D eigenvalue weighted by atomic mass is 32.2. The van der Waals surface area contributed by atoms with Crippen LogP contribution in [-0.2, 0) is 26.0 Å². The Morgan fingerprint density at radius 3 is 2.14 bits per heavy atom. The van der Waals surface area contributed by atoms with Crippen molar-refractivity contribution in [3.63, 3.8) is 0 Å². The van der Waals surface area contributed by atoms with Gasteiger partial charge >= 0.3 is 6.18 Å². The third-order valence-electron chi connectivity index (χ3n) is 2.37. The fraction of sp³-hybridized carbons (Fsp3) is 0.400. The number of anilines is 2. The molecule has 1 aromatic carbocycles. The number of nitrogens with two attached hydrogens (primary N) is 1. The van der Waals surface area contributed by atoms with E-state index in [0.717, 1.165) is 12.3 Å². The molecule has 3 N–H and O–H groups in total. The minimum atomic E-state index is -4.60. The second-order valence-electron chi connectivity index (χ2n) is 4.35. The quantitative estimate of drug-likeness (QED) is 0.776. The van der Waals surface area contributed by atoms with Gasteiger partial charge in [-0.15, -0.1) is 0 Å². The number of rotatable bonds is 5. The summed E-state index contributed by atoms with van der Waals surface area (Å²) >= 11 is 0. The average Bonchev–Trinajstić information content (AvgIpc) is 2.27. The number of halogens is 3. The Bertz CT molecular complexity index is 727. The number of nitrogens with one attached hydrogen (secondary N) is 1. The van der Waals surface area contributed by atoms with Crippen LogP contribution < -0.4 is 10.5 Å². The maximum absolute atomic E-state index is 12.4. The Kier molecular flexibility index (Phi) is 4.78. The fourth-order valence-corrected chi connectivity index (χ4v) is 4.02. The van der Waals surface area contributed by atoms with Crippen LogP contribution in [0.5, 0.6) is 0 Å². The maximum atomic E-state index is 12.4. The summed E-state index contributed by atoms with van der Waals surface area (Å²) in [5.74, 6) is -1.32. The molecule has 0 aliphatic carbocycles. The highest BCUT2D eigenvalue weighted by Gasteiger charge is 2.31. The smallest absolute Gasteiger partial charge is 0.397 e. The molecule has 0 amide bonds. The van der Waals surface area contributed by atoms with Crippen LogP contribution in [0.3, 0.4) is 0 Å². The van der Waals surface area contributed by atoms with Crippen molar-refractivity contribution in [2.75, 3.05) is 28.2 Å². The molecule has 6 nitrogen and oxygen atoms in total. The first-order valence-corrected chi connectivity index (χ1v) is 9.16. The predicted octanol–water partition coefficient (Wildman–Crippen LogP) is 1.07. The van der Waals surface area contributed by atoms with Crippen LogP contribution >= 0.6 is 0 Å². The maximum Gasteiger partial charge on any atom is 0.416 e. The Morgan fingerprint density at radius 2 is 1.71 bits per heavy atom. The van der Waals surface area contributed by atoms with Crippen molar-refractivity contribution in [1.29, 1.82) is 0 Å². The van der Waals surface area contributed by atoms with E-state index in [-0.39, 0.29) is 5.69 Å². The summed E-state index contributed by atoms with van der Waals surface area (Å²) in [7, 11) is -7.51. The summed E-state index contributed by atoms with van der Waals surface area (Å²) in [5, 5.41) is 0. The molecule has 0 aliphatic rings. The molecule has 0 radical (unpaired) electrons. The summed E-state index contributed by atoms with van der Waals surface area (Å²) < 4.78 is 84.3. The molecular weight excluding hydrogens is 333 g/mol. The van der Waals surface area contributed by atoms with Crippen LogP contribution in [0.2, 0.25) is 0 Å². The van der Waals surface area contributed by atoms with Gasteiger partial charge in [-0.2, -0.15) is 13.2 Å². The Labute approximate surface area is 120 Å². The predicted molar refractivity (Wildman–Crippen MR) is 73.0 cm³/mol. The molecule has 0 aromatic heterocycles. The molecule has 0 aliphatic heterocycles. The first-order valence-electron chi connectivity index (χ1n) is 5.45. The Morgan fingerprint density at radius 1 is 1.14 bits per heavy atom. The standard InChI is InChI=1S/C10H13F3N2O4S2/c1-20(16,17)4-5-21(18,19)15-9-3-2-7(6-8(9)14)10(11,12)13/h2-3,6,15H,4-5,14H2,1H3. The van der Waals surface area contributed by atoms with Gasteiger partial charge in [-0.05, 0) is 18.2 Å². The van der Waals surface area contributed by atoms with Crippen LogP contribution in [0.15, 0.2) is 18.2 Å². The van der Waals surface area contributed by atoms with Crippen LogP contribution in [0.25, 0.3) is 0 Å². The molecule has 120 valence electrons. The number of hydrogen-bond donors (Lipinski definition) is 2. The third kappa shape index (κ3) is 5.79. The van der Waals surface area contributed by atoms with Crippen molar-refractivity contribution in [2.45, 2.75) is 6.18 Å². The second-order valence-corrected chi connectivity index (χ2v) is 8.45. The van der Waals surface area contributed by atoms with Gasteiger partial charge in [0, 0.05) is 6.26 Å². The zero-order valence-corrected chi connectivity index (χ0v) is 12.4. The van der Waals surface area contributed by atoms with Crippen LogP contribution in [0.4, 0.5) is 24.5 Å². The van der Waals surface area contributed by atoms with Crippen molar-refractivity contribution < 1.29 is 30.0 Å². The molecule has 0 saturated carbocycles. The molecular formula is C10H13F3N2O4S2. The summed E-state index contributed by atoms with van der Waals surface area (Å²) in [6.07, 6.45) is -3.73. The summed E-state index contributed by atoms with van der Waals surface area (Å²) in [6, 6.07) is 2.13. The molecule has 1 rings (SSSR count). The van der Waals surface area contributed by atoms with Gasteiger partial charge < -0.3 is 5.73 Å². The molecule has 0 fully saturated rings. The second kappa shape index (κ2) is 5.72. The van der Waals surface area contributed by atoms with Gasteiger partial charge in [-0.1, -0.05) is 0 Å². The van der Waals surface area contributed by atoms with Crippen molar-refractivity contribution in [3.8, 4) is 0 Å². The lowest BCUT2D eigenvalue weighted by Gasteiger charge is -2.12. The molecule has 0 heterocycles. The van der Waals surface area contributed by atoms with Crippen LogP contribution in [0.1, 0.15) is 5.56 Å². The highest BCUT2D eigenvalue weighted by molar-refractivity contribution is 7.95. The lowest BCUT2D eigenvalue weighted by Crippen LogP contribution is -2.23. The van der Waals surface area contributed by atoms with Gasteiger partial charge in [0.2, 0.25) is 10.0 Å². The van der Waals surface area contributed by atoms with E-state index >= 15 is 0 Å². The fourth-order valence-electron chi connectivity index (χ4n) is 1.31. The largest absolute Gasteiger partial charge is 0.416 e. The molecule has 0 saturated heterocycles. The lowest BCUT2D eigenvalue weighted by atomic mass is 10.2. The van der Waals surface area contributed by atoms with E-state index < -0.39 is 48.8 Å². The molecule has 0 spiro atoms. The van der Waals surface area contributed by atoms with Crippen molar-refractivity contribution >= 4 is 31.2 Å². The van der Waals surface area contributed by atoms with Gasteiger partial charge in [-0.25, -0.2) is 16.8 Å². The SMILES string of the molecule is CS(=O)(=O)CCS(=O)(=O)Nc1ccc(C(F)(F)F)cc1N.